The molecule has 1 saturated heterocycles. The Morgan fingerprint density at radius 2 is 1.90 bits per heavy atom. The molecule has 29 heavy (non-hydrogen) atoms. The lowest BCUT2D eigenvalue weighted by atomic mass is 9.65. The third-order valence-corrected chi connectivity index (χ3v) is 7.72. The molecule has 2 bridgehead atoms. The fourth-order valence-electron chi connectivity index (χ4n) is 5.04. The van der Waals surface area contributed by atoms with Crippen LogP contribution >= 0.6 is 0 Å². The largest absolute Gasteiger partial charge is 0.452 e. The maximum Gasteiger partial charge on any atom is 0.338 e. The average molecular weight is 423 g/mol. The van der Waals surface area contributed by atoms with Crippen LogP contribution in [0.1, 0.15) is 50.4 Å². The molecule has 7 nitrogen and oxygen atoms in total. The summed E-state index contributed by atoms with van der Waals surface area (Å²) >= 11 is 0. The Morgan fingerprint density at radius 3 is 2.55 bits per heavy atom. The number of likely N-dealkylation sites (tertiary alicyclic amines) is 1. The van der Waals surface area contributed by atoms with E-state index in [2.05, 4.69) is 20.8 Å². The average Bonchev–Trinajstić information content (AvgIpc) is 2.88. The molecule has 0 spiro atoms. The first-order valence-electron chi connectivity index (χ1n) is 9.82. The zero-order valence-corrected chi connectivity index (χ0v) is 18.6. The second kappa shape index (κ2) is 7.40. The molecule has 2 atom stereocenters. The van der Waals surface area contributed by atoms with Gasteiger partial charge in [0.15, 0.2) is 6.61 Å². The van der Waals surface area contributed by atoms with Gasteiger partial charge in [0, 0.05) is 26.7 Å². The van der Waals surface area contributed by atoms with Gasteiger partial charge in [-0.05, 0) is 48.3 Å². The van der Waals surface area contributed by atoms with Gasteiger partial charge < -0.3 is 9.64 Å². The molecule has 8 heteroatoms. The van der Waals surface area contributed by atoms with Crippen molar-refractivity contribution in [2.45, 2.75) is 51.0 Å². The normalized spacial score (nSPS) is 25.9. The van der Waals surface area contributed by atoms with Crippen molar-refractivity contribution in [2.24, 2.45) is 10.8 Å². The van der Waals surface area contributed by atoms with E-state index in [1.165, 1.54) is 38.4 Å². The van der Waals surface area contributed by atoms with Gasteiger partial charge in [0.2, 0.25) is 10.0 Å². The van der Waals surface area contributed by atoms with Crippen LogP contribution in [-0.4, -0.2) is 62.8 Å². The standard InChI is InChI=1S/C21H30N2O5S/c1-20(2)10-16-11-21(3,13-20)14-23(16)18(24)12-28-19(25)15-7-6-8-17(9-15)29(26,27)22(4)5/h6-9,16H,10-14H2,1-5H3/t16-,21-/m0/s1. The summed E-state index contributed by atoms with van der Waals surface area (Å²) in [5, 5.41) is 0. The number of fused-ring (bicyclic) bond motifs is 2. The van der Waals surface area contributed by atoms with Gasteiger partial charge >= 0.3 is 5.97 Å². The molecule has 0 N–H and O–H groups in total. The minimum Gasteiger partial charge on any atom is -0.452 e. The quantitative estimate of drug-likeness (QED) is 0.681. The Labute approximate surface area is 173 Å². The lowest BCUT2D eigenvalue weighted by Crippen LogP contribution is -2.39. The maximum absolute atomic E-state index is 12.7. The number of hydrogen-bond donors (Lipinski definition) is 0. The van der Waals surface area contributed by atoms with Gasteiger partial charge in [-0.15, -0.1) is 0 Å². The van der Waals surface area contributed by atoms with Crippen molar-refractivity contribution in [1.82, 2.24) is 9.21 Å². The Hall–Kier alpha value is -1.93. The highest BCUT2D eigenvalue weighted by molar-refractivity contribution is 7.89. The Balaban J connectivity index is 1.65. The lowest BCUT2D eigenvalue weighted by Gasteiger charge is -2.39. The highest BCUT2D eigenvalue weighted by atomic mass is 32.2. The molecular formula is C21H30N2O5S. The molecule has 1 saturated carbocycles. The molecule has 1 heterocycles. The molecule has 1 aliphatic heterocycles. The van der Waals surface area contributed by atoms with Crippen molar-refractivity contribution in [3.8, 4) is 0 Å². The molecule has 1 amide bonds. The molecule has 1 aliphatic carbocycles. The van der Waals surface area contributed by atoms with E-state index in [0.29, 0.717) is 6.54 Å². The number of esters is 1. The summed E-state index contributed by atoms with van der Waals surface area (Å²) in [4.78, 5) is 27.0. The van der Waals surface area contributed by atoms with Crippen molar-refractivity contribution in [2.75, 3.05) is 27.2 Å². The predicted molar refractivity (Wildman–Crippen MR) is 109 cm³/mol. The minimum absolute atomic E-state index is 0.00627. The van der Waals surface area contributed by atoms with E-state index in [1.54, 1.807) is 0 Å². The summed E-state index contributed by atoms with van der Waals surface area (Å²) in [7, 11) is -0.807. The second-order valence-electron chi connectivity index (χ2n) is 9.63. The van der Waals surface area contributed by atoms with E-state index in [4.69, 9.17) is 4.74 Å². The van der Waals surface area contributed by atoms with Gasteiger partial charge in [0.05, 0.1) is 10.5 Å². The number of carbonyl (C=O) groups is 2. The SMILES string of the molecule is CN(C)S(=O)(=O)c1cccc(C(=O)OCC(=O)N2C[C@@]3(C)C[C@@H]2CC(C)(C)C3)c1. The number of ether oxygens (including phenoxy) is 1. The van der Waals surface area contributed by atoms with Crippen LogP contribution in [0.5, 0.6) is 0 Å². The maximum atomic E-state index is 12.7. The van der Waals surface area contributed by atoms with E-state index in [-0.39, 0.29) is 39.8 Å². The van der Waals surface area contributed by atoms with Gasteiger partial charge in [-0.1, -0.05) is 26.8 Å². The minimum atomic E-state index is -3.65. The van der Waals surface area contributed by atoms with Crippen LogP contribution in [0.3, 0.4) is 0 Å². The molecule has 3 rings (SSSR count). The third-order valence-electron chi connectivity index (χ3n) is 5.91. The second-order valence-corrected chi connectivity index (χ2v) is 11.8. The van der Waals surface area contributed by atoms with Gasteiger partial charge in [0.25, 0.3) is 5.91 Å². The number of hydrogen-bond acceptors (Lipinski definition) is 5. The Kier molecular flexibility index (Phi) is 5.55. The number of benzene rings is 1. The van der Waals surface area contributed by atoms with Gasteiger partial charge in [0.1, 0.15) is 0 Å². The van der Waals surface area contributed by atoms with Crippen LogP contribution < -0.4 is 0 Å². The number of amides is 1. The molecule has 0 unspecified atom stereocenters. The first kappa shape index (κ1) is 21.8. The lowest BCUT2D eigenvalue weighted by molar-refractivity contribution is -0.135. The number of carbonyl (C=O) groups excluding carboxylic acids is 2. The van der Waals surface area contributed by atoms with E-state index < -0.39 is 16.0 Å². The zero-order valence-electron chi connectivity index (χ0n) is 17.8. The molecule has 2 aliphatic rings. The molecule has 1 aromatic rings. The van der Waals surface area contributed by atoms with Gasteiger partial charge in [-0.2, -0.15) is 0 Å². The van der Waals surface area contributed by atoms with E-state index in [1.807, 2.05) is 4.90 Å². The summed E-state index contributed by atoms with van der Waals surface area (Å²) in [6.45, 7) is 7.04. The van der Waals surface area contributed by atoms with Crippen LogP contribution in [0.15, 0.2) is 29.2 Å². The molecule has 160 valence electrons. The van der Waals surface area contributed by atoms with Crippen LogP contribution in [-0.2, 0) is 19.6 Å². The topological polar surface area (TPSA) is 84.0 Å². The third kappa shape index (κ3) is 4.48. The monoisotopic (exact) mass is 422 g/mol. The van der Waals surface area contributed by atoms with Crippen LogP contribution in [0.4, 0.5) is 0 Å². The molecule has 1 aromatic carbocycles. The Morgan fingerprint density at radius 1 is 1.21 bits per heavy atom. The van der Waals surface area contributed by atoms with Crippen LogP contribution in [0.25, 0.3) is 0 Å². The zero-order chi connectivity index (χ0) is 21.6. The van der Waals surface area contributed by atoms with E-state index in [9.17, 15) is 18.0 Å². The summed E-state index contributed by atoms with van der Waals surface area (Å²) in [5.41, 5.74) is 0.414. The van der Waals surface area contributed by atoms with Crippen molar-refractivity contribution in [3.05, 3.63) is 29.8 Å². The molecular weight excluding hydrogens is 392 g/mol. The fourth-order valence-corrected chi connectivity index (χ4v) is 5.99. The molecule has 0 radical (unpaired) electrons. The number of sulfonamides is 1. The smallest absolute Gasteiger partial charge is 0.338 e. The van der Waals surface area contributed by atoms with Gasteiger partial charge in [-0.25, -0.2) is 17.5 Å². The highest BCUT2D eigenvalue weighted by Crippen LogP contribution is 2.52. The summed E-state index contributed by atoms with van der Waals surface area (Å²) in [6.07, 6.45) is 3.01. The summed E-state index contributed by atoms with van der Waals surface area (Å²) < 4.78 is 30.8. The first-order chi connectivity index (χ1) is 13.3. The van der Waals surface area contributed by atoms with Crippen LogP contribution in [0, 0.1) is 10.8 Å². The number of nitrogens with zero attached hydrogens (tertiary/aromatic N) is 2. The van der Waals surface area contributed by atoms with Crippen molar-refractivity contribution in [3.63, 3.8) is 0 Å². The predicted octanol–water partition coefficient (Wildman–Crippen LogP) is 2.52. The first-order valence-corrected chi connectivity index (χ1v) is 11.3. The Bertz CT molecular complexity index is 925. The van der Waals surface area contributed by atoms with Gasteiger partial charge in [-0.3, -0.25) is 4.79 Å². The fraction of sp³-hybridized carbons (Fsp3) is 0.619. The molecule has 0 aromatic heterocycles. The summed E-state index contributed by atoms with van der Waals surface area (Å²) in [5.74, 6) is -0.898. The highest BCUT2D eigenvalue weighted by Gasteiger charge is 2.50. The summed E-state index contributed by atoms with van der Waals surface area (Å²) in [6, 6.07) is 5.84. The number of rotatable bonds is 5. The van der Waals surface area contributed by atoms with Crippen molar-refractivity contribution >= 4 is 21.9 Å². The van der Waals surface area contributed by atoms with Crippen LogP contribution in [0.2, 0.25) is 0 Å². The van der Waals surface area contributed by atoms with E-state index in [0.717, 1.165) is 23.6 Å². The van der Waals surface area contributed by atoms with Crippen molar-refractivity contribution < 1.29 is 22.7 Å². The van der Waals surface area contributed by atoms with E-state index >= 15 is 0 Å². The van der Waals surface area contributed by atoms with Crippen molar-refractivity contribution in [1.29, 1.82) is 0 Å². The molecule has 2 fully saturated rings.